The van der Waals surface area contributed by atoms with E-state index in [0.29, 0.717) is 28.8 Å². The van der Waals surface area contributed by atoms with Crippen molar-refractivity contribution < 1.29 is 23.0 Å². The summed E-state index contributed by atoms with van der Waals surface area (Å²) in [5.41, 5.74) is 2.60. The zero-order valence-electron chi connectivity index (χ0n) is 20.9. The summed E-state index contributed by atoms with van der Waals surface area (Å²) in [6.07, 6.45) is 9.76. The molecule has 1 saturated carbocycles. The van der Waals surface area contributed by atoms with Crippen LogP contribution in [-0.4, -0.2) is 36.9 Å². The highest BCUT2D eigenvalue weighted by atomic mass is 19.3. The Hall–Kier alpha value is -4.80. The number of aromatic nitrogens is 5. The van der Waals surface area contributed by atoms with Crippen molar-refractivity contribution in [2.24, 2.45) is 7.05 Å². The fourth-order valence-corrected chi connectivity index (χ4v) is 4.62. The van der Waals surface area contributed by atoms with Crippen LogP contribution in [0, 0.1) is 0 Å². The molecule has 5 aromatic rings. The Morgan fingerprint density at radius 3 is 2.77 bits per heavy atom. The molecule has 6 rings (SSSR count). The van der Waals surface area contributed by atoms with Crippen LogP contribution in [-0.2, 0) is 7.05 Å². The summed E-state index contributed by atoms with van der Waals surface area (Å²) in [4.78, 5) is 17.4. The average Bonchev–Trinajstić information content (AvgIpc) is 3.47. The number of aryl methyl sites for hydroxylation is 1. The predicted octanol–water partition coefficient (Wildman–Crippen LogP) is 6.04. The number of halogens is 2. The molecule has 2 aromatic carbocycles. The quantitative estimate of drug-likeness (QED) is 0.263. The zero-order chi connectivity index (χ0) is 26.9. The van der Waals surface area contributed by atoms with Gasteiger partial charge in [-0.25, -0.2) is 9.50 Å². The predicted molar refractivity (Wildman–Crippen MR) is 139 cm³/mol. The minimum absolute atomic E-state index is 0.104. The van der Waals surface area contributed by atoms with Crippen LogP contribution in [0.2, 0.25) is 0 Å². The number of amides is 1. The van der Waals surface area contributed by atoms with Crippen molar-refractivity contribution in [3.8, 4) is 28.5 Å². The van der Waals surface area contributed by atoms with E-state index >= 15 is 0 Å². The molecule has 1 fully saturated rings. The normalized spacial score (nSPS) is 13.4. The summed E-state index contributed by atoms with van der Waals surface area (Å²) in [6.45, 7) is -3.05. The van der Waals surface area contributed by atoms with E-state index in [4.69, 9.17) is 9.47 Å². The Labute approximate surface area is 222 Å². The Balaban J connectivity index is 1.34. The topological polar surface area (TPSA) is 95.6 Å². The van der Waals surface area contributed by atoms with Crippen molar-refractivity contribution in [2.45, 2.75) is 31.8 Å². The highest BCUT2D eigenvalue weighted by Gasteiger charge is 2.23. The maximum absolute atomic E-state index is 13.3. The van der Waals surface area contributed by atoms with E-state index in [1.165, 1.54) is 33.4 Å². The average molecular weight is 531 g/mol. The Kier molecular flexibility index (Phi) is 6.39. The molecule has 1 N–H and O–H groups in total. The van der Waals surface area contributed by atoms with E-state index in [0.717, 1.165) is 12.8 Å². The Morgan fingerprint density at radius 2 is 1.97 bits per heavy atom. The fourth-order valence-electron chi connectivity index (χ4n) is 4.62. The van der Waals surface area contributed by atoms with E-state index in [-0.39, 0.29) is 22.6 Å². The van der Waals surface area contributed by atoms with E-state index in [1.807, 2.05) is 18.2 Å². The summed E-state index contributed by atoms with van der Waals surface area (Å²) < 4.78 is 40.5. The number of nitrogens with zero attached hydrogens (tertiary/aromatic N) is 5. The minimum Gasteiger partial charge on any atom is -0.457 e. The first-order chi connectivity index (χ1) is 18.9. The first-order valence-electron chi connectivity index (χ1n) is 12.4. The largest absolute Gasteiger partial charge is 0.457 e. The van der Waals surface area contributed by atoms with Crippen LogP contribution in [0.4, 0.5) is 14.5 Å². The number of carbonyl (C=O) groups is 1. The molecule has 0 aliphatic heterocycles. The number of anilines is 1. The van der Waals surface area contributed by atoms with Gasteiger partial charge in [-0.1, -0.05) is 18.6 Å². The second-order valence-electron chi connectivity index (χ2n) is 9.30. The highest BCUT2D eigenvalue weighted by molar-refractivity contribution is 6.09. The molecule has 3 heterocycles. The van der Waals surface area contributed by atoms with Gasteiger partial charge in [0.1, 0.15) is 28.5 Å². The van der Waals surface area contributed by atoms with E-state index in [9.17, 15) is 13.6 Å². The molecule has 0 unspecified atom stereocenters. The first-order valence-corrected chi connectivity index (χ1v) is 12.4. The number of fused-ring (bicyclic) bond motifs is 1. The van der Waals surface area contributed by atoms with E-state index in [2.05, 4.69) is 26.6 Å². The van der Waals surface area contributed by atoms with E-state index < -0.39 is 12.5 Å². The van der Waals surface area contributed by atoms with Crippen LogP contribution in [0.1, 0.15) is 41.1 Å². The van der Waals surface area contributed by atoms with Gasteiger partial charge < -0.3 is 14.8 Å². The molecule has 198 valence electrons. The zero-order valence-corrected chi connectivity index (χ0v) is 20.9. The van der Waals surface area contributed by atoms with Gasteiger partial charge in [0.25, 0.3) is 5.91 Å². The maximum Gasteiger partial charge on any atom is 0.387 e. The van der Waals surface area contributed by atoms with Crippen LogP contribution >= 0.6 is 0 Å². The molecule has 1 aliphatic carbocycles. The summed E-state index contributed by atoms with van der Waals surface area (Å²) in [5, 5.41) is 11.4. The van der Waals surface area contributed by atoms with E-state index in [1.54, 1.807) is 43.8 Å². The summed E-state index contributed by atoms with van der Waals surface area (Å²) in [7, 11) is 1.66. The third-order valence-electron chi connectivity index (χ3n) is 6.69. The SMILES string of the molecule is Cn1cc(NC(=O)c2cnn3cccnc23)c(-c2cc(Oc3cccc(C4CCC4)c3)ccc2OC(F)F)n1. The molecule has 0 spiro atoms. The van der Waals surface area contributed by atoms with Gasteiger partial charge >= 0.3 is 6.61 Å². The molecule has 9 nitrogen and oxygen atoms in total. The number of ether oxygens (including phenoxy) is 2. The number of hydrogen-bond acceptors (Lipinski definition) is 6. The van der Waals surface area contributed by atoms with Gasteiger partial charge in [-0.3, -0.25) is 9.48 Å². The van der Waals surface area contributed by atoms with Crippen LogP contribution < -0.4 is 14.8 Å². The number of alkyl halides is 2. The maximum atomic E-state index is 13.3. The van der Waals surface area contributed by atoms with Crippen molar-refractivity contribution in [2.75, 3.05) is 5.32 Å². The number of hydrogen-bond donors (Lipinski definition) is 1. The second-order valence-corrected chi connectivity index (χ2v) is 9.30. The van der Waals surface area contributed by atoms with Crippen molar-refractivity contribution in [1.82, 2.24) is 24.4 Å². The molecule has 39 heavy (non-hydrogen) atoms. The molecule has 1 aliphatic rings. The molecule has 0 atom stereocenters. The Bertz CT molecular complexity index is 1660. The molecule has 0 radical (unpaired) electrons. The van der Waals surface area contributed by atoms with Crippen molar-refractivity contribution in [3.63, 3.8) is 0 Å². The third kappa shape index (κ3) is 5.02. The van der Waals surface area contributed by atoms with Crippen molar-refractivity contribution >= 4 is 17.2 Å². The summed E-state index contributed by atoms with van der Waals surface area (Å²) in [5.74, 6) is 1.01. The first kappa shape index (κ1) is 24.5. The molecular weight excluding hydrogens is 506 g/mol. The number of rotatable bonds is 8. The molecule has 0 saturated heterocycles. The number of nitrogens with one attached hydrogen (secondary N) is 1. The lowest BCUT2D eigenvalue weighted by atomic mass is 9.80. The van der Waals surface area contributed by atoms with Gasteiger partial charge in [0.15, 0.2) is 5.65 Å². The van der Waals surface area contributed by atoms with Gasteiger partial charge in [-0.05, 0) is 60.7 Å². The van der Waals surface area contributed by atoms with Crippen LogP contribution in [0.5, 0.6) is 17.2 Å². The van der Waals surface area contributed by atoms with Gasteiger partial charge in [-0.2, -0.15) is 19.0 Å². The lowest BCUT2D eigenvalue weighted by molar-refractivity contribution is -0.0494. The third-order valence-corrected chi connectivity index (χ3v) is 6.69. The van der Waals surface area contributed by atoms with Crippen molar-refractivity contribution in [3.05, 3.63) is 84.4 Å². The number of benzene rings is 2. The molecular formula is C28H24F2N6O3. The van der Waals surface area contributed by atoms with Crippen LogP contribution in [0.15, 0.2) is 73.3 Å². The smallest absolute Gasteiger partial charge is 0.387 e. The second kappa shape index (κ2) is 10.2. The fraction of sp³-hybridized carbons (Fsp3) is 0.214. The molecule has 1 amide bonds. The lowest BCUT2D eigenvalue weighted by Crippen LogP contribution is -2.12. The van der Waals surface area contributed by atoms with Gasteiger partial charge in [0.05, 0.1) is 17.4 Å². The van der Waals surface area contributed by atoms with Gasteiger partial charge in [-0.15, -0.1) is 0 Å². The van der Waals surface area contributed by atoms with Crippen molar-refractivity contribution in [1.29, 1.82) is 0 Å². The molecule has 3 aromatic heterocycles. The summed E-state index contributed by atoms with van der Waals surface area (Å²) >= 11 is 0. The molecule has 0 bridgehead atoms. The van der Waals surface area contributed by atoms with Crippen LogP contribution in [0.25, 0.3) is 16.9 Å². The standard InChI is InChI=1S/C28H24F2N6O3/c1-35-16-23(33-27(37)22-15-32-36-12-4-11-31-26(22)36)25(34-35)21-14-20(9-10-24(21)39-28(29)30)38-19-8-3-7-18(13-19)17-5-2-6-17/h3-4,7-17,28H,2,5-6H2,1H3,(H,33,37). The van der Waals surface area contributed by atoms with Gasteiger partial charge in [0.2, 0.25) is 0 Å². The molecule has 11 heteroatoms. The van der Waals surface area contributed by atoms with Gasteiger partial charge in [0, 0.05) is 25.6 Å². The number of carbonyl (C=O) groups excluding carboxylic acids is 1. The summed E-state index contributed by atoms with van der Waals surface area (Å²) in [6, 6.07) is 14.1. The minimum atomic E-state index is -3.05. The van der Waals surface area contributed by atoms with Crippen LogP contribution in [0.3, 0.4) is 0 Å². The monoisotopic (exact) mass is 530 g/mol. The lowest BCUT2D eigenvalue weighted by Gasteiger charge is -2.26. The highest BCUT2D eigenvalue weighted by Crippen LogP contribution is 2.40. The Morgan fingerprint density at radius 1 is 1.13 bits per heavy atom.